The first-order chi connectivity index (χ1) is 13.7. The summed E-state index contributed by atoms with van der Waals surface area (Å²) in [7, 11) is 0.230. The highest BCUT2D eigenvalue weighted by molar-refractivity contribution is 6.76. The van der Waals surface area contributed by atoms with Crippen LogP contribution in [0.1, 0.15) is 12.5 Å². The molecule has 164 valence electrons. The lowest BCUT2D eigenvalue weighted by molar-refractivity contribution is -0.313. The van der Waals surface area contributed by atoms with E-state index in [1.165, 1.54) is 14.0 Å². The molecule has 0 saturated carbocycles. The maximum Gasteiger partial charge on any atom is 0.303 e. The van der Waals surface area contributed by atoms with Crippen LogP contribution in [0.5, 0.6) is 0 Å². The highest BCUT2D eigenvalue weighted by atomic mass is 28.3. The number of hydrogen-bond acceptors (Lipinski definition) is 7. The van der Waals surface area contributed by atoms with Crippen LogP contribution in [0, 0.1) is 0 Å². The Labute approximate surface area is 174 Å². The van der Waals surface area contributed by atoms with Gasteiger partial charge in [-0.05, 0) is 11.6 Å². The van der Waals surface area contributed by atoms with E-state index >= 15 is 0 Å². The van der Waals surface area contributed by atoms with Crippen molar-refractivity contribution in [3.8, 4) is 0 Å². The fourth-order valence-corrected chi connectivity index (χ4v) is 3.82. The predicted molar refractivity (Wildman–Crippen MR) is 111 cm³/mol. The van der Waals surface area contributed by atoms with Gasteiger partial charge in [0.25, 0.3) is 0 Å². The van der Waals surface area contributed by atoms with Crippen LogP contribution in [-0.2, 0) is 35.1 Å². The quantitative estimate of drug-likeness (QED) is 0.455. The van der Waals surface area contributed by atoms with Crippen molar-refractivity contribution in [2.75, 3.05) is 20.3 Å². The summed E-state index contributed by atoms with van der Waals surface area (Å²) in [5.41, 5.74) is 0.962. The van der Waals surface area contributed by atoms with Crippen molar-refractivity contribution in [1.29, 1.82) is 0 Å². The van der Waals surface area contributed by atoms with Crippen LogP contribution >= 0.6 is 0 Å². The zero-order valence-corrected chi connectivity index (χ0v) is 19.0. The van der Waals surface area contributed by atoms with E-state index in [2.05, 4.69) is 19.6 Å². The lowest BCUT2D eigenvalue weighted by atomic mass is 9.98. The van der Waals surface area contributed by atoms with Crippen molar-refractivity contribution < 1.29 is 33.6 Å². The monoisotopic (exact) mass is 426 g/mol. The van der Waals surface area contributed by atoms with Gasteiger partial charge < -0.3 is 28.8 Å². The fraction of sp³-hybridized carbons (Fsp3) is 0.667. The van der Waals surface area contributed by atoms with Gasteiger partial charge in [-0.2, -0.15) is 0 Å². The summed E-state index contributed by atoms with van der Waals surface area (Å²) < 4.78 is 28.5. The average molecular weight is 427 g/mol. The number of hydrogen-bond donors (Lipinski definition) is 1. The summed E-state index contributed by atoms with van der Waals surface area (Å²) in [5, 5.41) is 11.0. The van der Waals surface area contributed by atoms with Gasteiger partial charge >= 0.3 is 5.97 Å². The van der Waals surface area contributed by atoms with Gasteiger partial charge in [0.05, 0.1) is 13.2 Å². The van der Waals surface area contributed by atoms with Crippen molar-refractivity contribution in [1.82, 2.24) is 0 Å². The van der Waals surface area contributed by atoms with E-state index in [1.54, 1.807) is 0 Å². The van der Waals surface area contributed by atoms with Crippen LogP contribution < -0.4 is 0 Å². The number of esters is 1. The van der Waals surface area contributed by atoms with Crippen LogP contribution in [0.2, 0.25) is 25.7 Å². The minimum absolute atomic E-state index is 0.161. The maximum atomic E-state index is 11.6. The number of aliphatic hydroxyl groups is 1. The second-order valence-corrected chi connectivity index (χ2v) is 14.1. The number of carbonyl (C=O) groups is 1. The first kappa shape index (κ1) is 24.0. The van der Waals surface area contributed by atoms with Gasteiger partial charge in [-0.1, -0.05) is 50.0 Å². The second-order valence-electron chi connectivity index (χ2n) is 8.51. The van der Waals surface area contributed by atoms with E-state index in [4.69, 9.17) is 23.7 Å². The topological polar surface area (TPSA) is 83.5 Å². The molecular weight excluding hydrogens is 392 g/mol. The molecule has 0 spiro atoms. The third kappa shape index (κ3) is 7.80. The number of methoxy groups -OCH3 is 1. The van der Waals surface area contributed by atoms with Crippen LogP contribution in [0.3, 0.4) is 0 Å². The molecule has 1 aliphatic rings. The normalized spacial score (nSPS) is 27.6. The van der Waals surface area contributed by atoms with Gasteiger partial charge in [-0.3, -0.25) is 4.79 Å². The Morgan fingerprint density at radius 2 is 1.83 bits per heavy atom. The molecule has 1 heterocycles. The number of rotatable bonds is 10. The number of ether oxygens (including phenoxy) is 5. The molecular formula is C21H34O7Si. The van der Waals surface area contributed by atoms with Gasteiger partial charge in [-0.25, -0.2) is 0 Å². The summed E-state index contributed by atoms with van der Waals surface area (Å²) in [4.78, 5) is 11.6. The zero-order chi connectivity index (χ0) is 21.4. The highest BCUT2D eigenvalue weighted by Crippen LogP contribution is 2.28. The van der Waals surface area contributed by atoms with Gasteiger partial charge in [0.2, 0.25) is 0 Å². The highest BCUT2D eigenvalue weighted by Gasteiger charge is 2.48. The van der Waals surface area contributed by atoms with E-state index in [0.29, 0.717) is 6.61 Å². The molecule has 1 aliphatic heterocycles. The van der Waals surface area contributed by atoms with Gasteiger partial charge in [0.1, 0.15) is 18.3 Å². The standard InChI is InChI=1S/C21H34O7Si/c1-15(22)27-19-17(14-24-2)28-21(25-11-12-29(3,4)5)20(18(19)23)26-13-16-9-7-6-8-10-16/h6-10,17-21,23H,11-14H2,1-5H3/t17-,18+,19-,20-,21+/m1/s1. The summed E-state index contributed by atoms with van der Waals surface area (Å²) in [6.07, 6.45) is -4.22. The molecule has 5 atom stereocenters. The van der Waals surface area contributed by atoms with E-state index in [1.807, 2.05) is 30.3 Å². The summed E-state index contributed by atoms with van der Waals surface area (Å²) in [6.45, 7) is 9.04. The Kier molecular flexibility index (Phi) is 9.26. The van der Waals surface area contributed by atoms with Crippen molar-refractivity contribution >= 4 is 14.0 Å². The lowest BCUT2D eigenvalue weighted by Crippen LogP contribution is -2.61. The van der Waals surface area contributed by atoms with Crippen LogP contribution in [0.4, 0.5) is 0 Å². The Morgan fingerprint density at radius 3 is 2.41 bits per heavy atom. The van der Waals surface area contributed by atoms with E-state index < -0.39 is 44.7 Å². The second kappa shape index (κ2) is 11.2. The molecule has 0 radical (unpaired) electrons. The molecule has 2 rings (SSSR count). The molecule has 1 aromatic rings. The van der Waals surface area contributed by atoms with Crippen molar-refractivity contribution in [2.45, 2.75) is 69.9 Å². The number of aliphatic hydroxyl groups excluding tert-OH is 1. The Morgan fingerprint density at radius 1 is 1.14 bits per heavy atom. The first-order valence-electron chi connectivity index (χ1n) is 9.98. The van der Waals surface area contributed by atoms with E-state index in [0.717, 1.165) is 11.6 Å². The largest absolute Gasteiger partial charge is 0.457 e. The van der Waals surface area contributed by atoms with Gasteiger partial charge in [0.15, 0.2) is 12.4 Å². The Balaban J connectivity index is 2.14. The SMILES string of the molecule is COC[C@H]1O[C@H](OCC[Si](C)(C)C)[C@H](OCc2ccccc2)[C@@H](O)[C@@H]1OC(C)=O. The molecule has 1 aromatic carbocycles. The molecule has 0 aromatic heterocycles. The molecule has 1 N–H and O–H groups in total. The Bertz CT molecular complexity index is 619. The minimum Gasteiger partial charge on any atom is -0.457 e. The van der Waals surface area contributed by atoms with E-state index in [-0.39, 0.29) is 13.2 Å². The molecule has 8 heteroatoms. The molecule has 0 amide bonds. The predicted octanol–water partition coefficient (Wildman–Crippen LogP) is 2.59. The first-order valence-corrected chi connectivity index (χ1v) is 13.7. The van der Waals surface area contributed by atoms with Gasteiger partial charge in [-0.15, -0.1) is 0 Å². The molecule has 1 saturated heterocycles. The third-order valence-electron chi connectivity index (χ3n) is 4.67. The van der Waals surface area contributed by atoms with Crippen molar-refractivity contribution in [3.63, 3.8) is 0 Å². The fourth-order valence-electron chi connectivity index (χ4n) is 3.09. The molecule has 0 bridgehead atoms. The van der Waals surface area contributed by atoms with Crippen molar-refractivity contribution in [2.24, 2.45) is 0 Å². The molecule has 0 unspecified atom stereocenters. The third-order valence-corrected chi connectivity index (χ3v) is 6.37. The molecule has 7 nitrogen and oxygen atoms in total. The lowest BCUT2D eigenvalue weighted by Gasteiger charge is -2.43. The molecule has 29 heavy (non-hydrogen) atoms. The van der Waals surface area contributed by atoms with Crippen LogP contribution in [0.25, 0.3) is 0 Å². The maximum absolute atomic E-state index is 11.6. The summed E-state index contributed by atoms with van der Waals surface area (Å²) >= 11 is 0. The van der Waals surface area contributed by atoms with Gasteiger partial charge in [0, 0.05) is 28.7 Å². The number of carbonyl (C=O) groups excluding carboxylic acids is 1. The summed E-state index contributed by atoms with van der Waals surface area (Å²) in [5.74, 6) is -0.501. The summed E-state index contributed by atoms with van der Waals surface area (Å²) in [6, 6.07) is 10.6. The number of benzene rings is 1. The average Bonchev–Trinajstić information content (AvgIpc) is 2.64. The van der Waals surface area contributed by atoms with Crippen molar-refractivity contribution in [3.05, 3.63) is 35.9 Å². The van der Waals surface area contributed by atoms with Crippen LogP contribution in [0.15, 0.2) is 30.3 Å². The Hall–Kier alpha value is -1.29. The van der Waals surface area contributed by atoms with Crippen LogP contribution in [-0.4, -0.2) is 70.2 Å². The molecule has 0 aliphatic carbocycles. The molecule has 1 fully saturated rings. The smallest absolute Gasteiger partial charge is 0.303 e. The minimum atomic E-state index is -1.30. The van der Waals surface area contributed by atoms with E-state index in [9.17, 15) is 9.90 Å². The zero-order valence-electron chi connectivity index (χ0n) is 18.0.